The molecule has 1 aromatic heterocycles. The maximum Gasteiger partial charge on any atom is 0.164 e. The monoisotopic (exact) mass is 551 g/mol. The van der Waals surface area contributed by atoms with Gasteiger partial charge in [-0.15, -0.1) is 0 Å². The first-order valence-electron chi connectivity index (χ1n) is 14.7. The summed E-state index contributed by atoms with van der Waals surface area (Å²) in [6, 6.07) is 49.1. The van der Waals surface area contributed by atoms with Crippen LogP contribution in [0.5, 0.6) is 0 Å². The van der Waals surface area contributed by atoms with Crippen molar-refractivity contribution in [2.24, 2.45) is 0 Å². The fourth-order valence-electron chi connectivity index (χ4n) is 6.42. The van der Waals surface area contributed by atoms with E-state index in [9.17, 15) is 0 Å². The van der Waals surface area contributed by atoms with Gasteiger partial charge in [-0.3, -0.25) is 0 Å². The summed E-state index contributed by atoms with van der Waals surface area (Å²) in [6.45, 7) is 4.63. The summed E-state index contributed by atoms with van der Waals surface area (Å²) in [4.78, 5) is 14.9. The van der Waals surface area contributed by atoms with Gasteiger partial charge in [-0.05, 0) is 62.4 Å². The quantitative estimate of drug-likeness (QED) is 0.218. The molecule has 3 nitrogen and oxygen atoms in total. The molecule has 1 heterocycles. The maximum atomic E-state index is 5.03. The Bertz CT molecular complexity index is 2160. The third-order valence-corrected chi connectivity index (χ3v) is 8.71. The standard InChI is InChI=1S/C40H29N3/c1-40(2)35-18-9-8-17-33(35)34-25-30(21-22-36(34)40)29-15-10-16-31(24-29)38-41-37(27-12-4-3-5-13-27)42-39(43-38)32-20-19-26-11-6-7-14-28(26)23-32/h3-25H,1-2H3. The van der Waals surface area contributed by atoms with Crippen LogP contribution < -0.4 is 0 Å². The average Bonchev–Trinajstić information content (AvgIpc) is 3.30. The van der Waals surface area contributed by atoms with Gasteiger partial charge in [0.1, 0.15) is 0 Å². The Labute approximate surface area is 251 Å². The number of benzene rings is 6. The molecule has 6 aromatic carbocycles. The molecule has 0 aliphatic heterocycles. The molecule has 1 aliphatic carbocycles. The Hall–Kier alpha value is -5.41. The van der Waals surface area contributed by atoms with Crippen LogP contribution >= 0.6 is 0 Å². The summed E-state index contributed by atoms with van der Waals surface area (Å²) in [5, 5.41) is 2.35. The molecule has 0 radical (unpaired) electrons. The minimum atomic E-state index is -0.00973. The largest absolute Gasteiger partial charge is 0.208 e. The average molecular weight is 552 g/mol. The van der Waals surface area contributed by atoms with Crippen LogP contribution in [0, 0.1) is 0 Å². The third kappa shape index (κ3) is 4.33. The van der Waals surface area contributed by atoms with E-state index in [0.29, 0.717) is 17.5 Å². The second-order valence-corrected chi connectivity index (χ2v) is 11.7. The highest BCUT2D eigenvalue weighted by molar-refractivity contribution is 5.87. The summed E-state index contributed by atoms with van der Waals surface area (Å²) in [5.41, 5.74) is 10.6. The molecular weight excluding hydrogens is 522 g/mol. The van der Waals surface area contributed by atoms with Crippen LogP contribution in [0.2, 0.25) is 0 Å². The van der Waals surface area contributed by atoms with E-state index in [0.717, 1.165) is 27.6 Å². The molecule has 0 amide bonds. The first kappa shape index (κ1) is 25.3. The van der Waals surface area contributed by atoms with Crippen molar-refractivity contribution >= 4 is 10.8 Å². The van der Waals surface area contributed by atoms with Crippen LogP contribution in [0.3, 0.4) is 0 Å². The van der Waals surface area contributed by atoms with Gasteiger partial charge in [-0.1, -0.05) is 135 Å². The first-order valence-corrected chi connectivity index (χ1v) is 14.7. The fraction of sp³-hybridized carbons (Fsp3) is 0.0750. The molecule has 0 saturated heterocycles. The maximum absolute atomic E-state index is 5.03. The summed E-state index contributed by atoms with van der Waals surface area (Å²) in [7, 11) is 0. The van der Waals surface area contributed by atoms with E-state index >= 15 is 0 Å². The minimum Gasteiger partial charge on any atom is -0.208 e. The van der Waals surface area contributed by atoms with Crippen LogP contribution in [0.1, 0.15) is 25.0 Å². The third-order valence-electron chi connectivity index (χ3n) is 8.71. The lowest BCUT2D eigenvalue weighted by Gasteiger charge is -2.21. The number of fused-ring (bicyclic) bond motifs is 4. The number of hydrogen-bond acceptors (Lipinski definition) is 3. The summed E-state index contributed by atoms with van der Waals surface area (Å²) in [5.74, 6) is 1.98. The van der Waals surface area contributed by atoms with E-state index < -0.39 is 0 Å². The molecule has 0 bridgehead atoms. The Kier molecular flexibility index (Phi) is 5.80. The highest BCUT2D eigenvalue weighted by Gasteiger charge is 2.35. The molecule has 0 fully saturated rings. The van der Waals surface area contributed by atoms with Crippen LogP contribution in [-0.2, 0) is 5.41 Å². The van der Waals surface area contributed by atoms with Crippen molar-refractivity contribution < 1.29 is 0 Å². The van der Waals surface area contributed by atoms with E-state index in [4.69, 9.17) is 15.0 Å². The second kappa shape index (κ2) is 9.85. The molecular formula is C40H29N3. The number of nitrogens with zero attached hydrogens (tertiary/aromatic N) is 3. The lowest BCUT2D eigenvalue weighted by molar-refractivity contribution is 0.660. The van der Waals surface area contributed by atoms with Crippen LogP contribution in [0.4, 0.5) is 0 Å². The highest BCUT2D eigenvalue weighted by atomic mass is 15.0. The predicted molar refractivity (Wildman–Crippen MR) is 177 cm³/mol. The van der Waals surface area contributed by atoms with Gasteiger partial charge in [0.05, 0.1) is 0 Å². The normalized spacial score (nSPS) is 13.1. The van der Waals surface area contributed by atoms with Crippen LogP contribution in [-0.4, -0.2) is 15.0 Å². The van der Waals surface area contributed by atoms with Crippen molar-refractivity contribution in [3.05, 3.63) is 151 Å². The number of hydrogen-bond donors (Lipinski definition) is 0. The first-order chi connectivity index (χ1) is 21.0. The van der Waals surface area contributed by atoms with Gasteiger partial charge in [0, 0.05) is 22.1 Å². The van der Waals surface area contributed by atoms with Gasteiger partial charge in [-0.25, -0.2) is 15.0 Å². The van der Waals surface area contributed by atoms with Gasteiger partial charge in [0.15, 0.2) is 17.5 Å². The molecule has 0 N–H and O–H groups in total. The minimum absolute atomic E-state index is 0.00973. The summed E-state index contributed by atoms with van der Waals surface area (Å²) in [6.07, 6.45) is 0. The molecule has 0 spiro atoms. The predicted octanol–water partition coefficient (Wildman–Crippen LogP) is 10.00. The van der Waals surface area contributed by atoms with Gasteiger partial charge in [0.25, 0.3) is 0 Å². The van der Waals surface area contributed by atoms with Crippen molar-refractivity contribution in [1.29, 1.82) is 0 Å². The number of rotatable bonds is 4. The molecule has 0 atom stereocenters. The SMILES string of the molecule is CC1(C)c2ccccc2-c2cc(-c3cccc(-c4nc(-c5ccccc5)nc(-c5ccc6ccccc6c5)n4)c3)ccc21. The zero-order valence-corrected chi connectivity index (χ0v) is 24.1. The number of aromatic nitrogens is 3. The summed E-state index contributed by atoms with van der Waals surface area (Å²) >= 11 is 0. The van der Waals surface area contributed by atoms with Crippen molar-refractivity contribution in [3.8, 4) is 56.4 Å². The van der Waals surface area contributed by atoms with Crippen molar-refractivity contribution in [2.75, 3.05) is 0 Å². The van der Waals surface area contributed by atoms with Gasteiger partial charge >= 0.3 is 0 Å². The summed E-state index contributed by atoms with van der Waals surface area (Å²) < 4.78 is 0. The van der Waals surface area contributed by atoms with Gasteiger partial charge in [0.2, 0.25) is 0 Å². The van der Waals surface area contributed by atoms with E-state index in [2.05, 4.69) is 123 Å². The lowest BCUT2D eigenvalue weighted by Crippen LogP contribution is -2.14. The molecule has 204 valence electrons. The topological polar surface area (TPSA) is 38.7 Å². The second-order valence-electron chi connectivity index (χ2n) is 11.7. The van der Waals surface area contributed by atoms with Crippen molar-refractivity contribution in [3.63, 3.8) is 0 Å². The molecule has 0 saturated carbocycles. The van der Waals surface area contributed by atoms with Crippen LogP contribution in [0.15, 0.2) is 140 Å². The van der Waals surface area contributed by atoms with E-state index in [1.807, 2.05) is 30.3 Å². The fourth-order valence-corrected chi connectivity index (χ4v) is 6.42. The molecule has 8 rings (SSSR count). The molecule has 0 unspecified atom stereocenters. The van der Waals surface area contributed by atoms with Gasteiger partial charge in [-0.2, -0.15) is 0 Å². The Morgan fingerprint density at radius 1 is 0.372 bits per heavy atom. The Morgan fingerprint density at radius 3 is 1.74 bits per heavy atom. The zero-order valence-electron chi connectivity index (χ0n) is 24.1. The van der Waals surface area contributed by atoms with Gasteiger partial charge < -0.3 is 0 Å². The Balaban J connectivity index is 1.25. The van der Waals surface area contributed by atoms with E-state index in [1.165, 1.54) is 33.2 Å². The van der Waals surface area contributed by atoms with Crippen LogP contribution in [0.25, 0.3) is 67.2 Å². The molecule has 1 aliphatic rings. The zero-order chi connectivity index (χ0) is 29.0. The Morgan fingerprint density at radius 2 is 0.930 bits per heavy atom. The molecule has 3 heteroatoms. The van der Waals surface area contributed by atoms with E-state index in [-0.39, 0.29) is 5.41 Å². The lowest BCUT2D eigenvalue weighted by atomic mass is 9.82. The van der Waals surface area contributed by atoms with E-state index in [1.54, 1.807) is 0 Å². The smallest absolute Gasteiger partial charge is 0.164 e. The molecule has 43 heavy (non-hydrogen) atoms. The van der Waals surface area contributed by atoms with Crippen molar-refractivity contribution in [2.45, 2.75) is 19.3 Å². The van der Waals surface area contributed by atoms with Crippen molar-refractivity contribution in [1.82, 2.24) is 15.0 Å². The molecule has 7 aromatic rings. The highest BCUT2D eigenvalue weighted by Crippen LogP contribution is 2.49.